The van der Waals surface area contributed by atoms with Crippen LogP contribution in [0.4, 0.5) is 0 Å². The lowest BCUT2D eigenvalue weighted by Gasteiger charge is -2.14. The van der Waals surface area contributed by atoms with Crippen LogP contribution in [-0.2, 0) is 6.54 Å². The van der Waals surface area contributed by atoms with Crippen molar-refractivity contribution in [3.8, 4) is 22.6 Å². The van der Waals surface area contributed by atoms with E-state index in [1.165, 1.54) is 18.8 Å². The van der Waals surface area contributed by atoms with E-state index in [0.717, 1.165) is 12.8 Å². The molecule has 0 unspecified atom stereocenters. The highest BCUT2D eigenvalue weighted by molar-refractivity contribution is 5.96. The molecule has 1 aromatic heterocycles. The van der Waals surface area contributed by atoms with Gasteiger partial charge in [0, 0.05) is 23.9 Å². The van der Waals surface area contributed by atoms with E-state index in [0.29, 0.717) is 29.2 Å². The van der Waals surface area contributed by atoms with Crippen LogP contribution in [0.25, 0.3) is 11.1 Å². The van der Waals surface area contributed by atoms with E-state index >= 15 is 0 Å². The number of methoxy groups -OCH3 is 2. The molecule has 1 N–H and O–H groups in total. The normalized spacial score (nSPS) is 10.5. The van der Waals surface area contributed by atoms with E-state index in [-0.39, 0.29) is 5.56 Å². The lowest BCUT2D eigenvalue weighted by atomic mass is 10.00. The van der Waals surface area contributed by atoms with Crippen molar-refractivity contribution in [3.05, 3.63) is 46.4 Å². The van der Waals surface area contributed by atoms with Gasteiger partial charge in [-0.1, -0.05) is 13.3 Å². The molecule has 6 heteroatoms. The van der Waals surface area contributed by atoms with Gasteiger partial charge >= 0.3 is 5.97 Å². The first-order valence-corrected chi connectivity index (χ1v) is 7.72. The van der Waals surface area contributed by atoms with Crippen LogP contribution in [-0.4, -0.2) is 29.9 Å². The first-order chi connectivity index (χ1) is 11.5. The second kappa shape index (κ2) is 7.68. The number of rotatable bonds is 7. The summed E-state index contributed by atoms with van der Waals surface area (Å²) in [5.41, 5.74) is 0.0449. The Bertz CT molecular complexity index is 794. The lowest BCUT2D eigenvalue weighted by Crippen LogP contribution is -2.27. The zero-order chi connectivity index (χ0) is 17.7. The molecule has 0 aliphatic carbocycles. The van der Waals surface area contributed by atoms with E-state index in [1.807, 2.05) is 6.92 Å². The molecule has 1 heterocycles. The number of benzene rings is 1. The SMILES string of the molecule is CCCCn1ccc(-c2cc(OC)ccc2OC)c(C(=O)O)c1=O. The summed E-state index contributed by atoms with van der Waals surface area (Å²) in [6.07, 6.45) is 3.35. The molecule has 1 aromatic carbocycles. The van der Waals surface area contributed by atoms with Gasteiger partial charge < -0.3 is 19.1 Å². The van der Waals surface area contributed by atoms with Gasteiger partial charge in [-0.05, 0) is 30.7 Å². The first-order valence-electron chi connectivity index (χ1n) is 7.72. The third-order valence-electron chi connectivity index (χ3n) is 3.83. The van der Waals surface area contributed by atoms with Crippen LogP contribution >= 0.6 is 0 Å². The van der Waals surface area contributed by atoms with Gasteiger partial charge in [-0.2, -0.15) is 0 Å². The van der Waals surface area contributed by atoms with Gasteiger partial charge in [-0.25, -0.2) is 4.79 Å². The number of carbonyl (C=O) groups is 1. The van der Waals surface area contributed by atoms with Crippen molar-refractivity contribution in [3.63, 3.8) is 0 Å². The summed E-state index contributed by atoms with van der Waals surface area (Å²) < 4.78 is 11.9. The average Bonchev–Trinajstić information content (AvgIpc) is 2.59. The molecular weight excluding hydrogens is 310 g/mol. The van der Waals surface area contributed by atoms with Gasteiger partial charge in [0.1, 0.15) is 17.1 Å². The number of aryl methyl sites for hydroxylation is 1. The summed E-state index contributed by atoms with van der Waals surface area (Å²) in [5.74, 6) is -0.230. The molecule has 6 nitrogen and oxygen atoms in total. The molecule has 24 heavy (non-hydrogen) atoms. The molecule has 128 valence electrons. The fourth-order valence-corrected chi connectivity index (χ4v) is 2.53. The Balaban J connectivity index is 2.69. The van der Waals surface area contributed by atoms with E-state index < -0.39 is 11.5 Å². The zero-order valence-corrected chi connectivity index (χ0v) is 14.0. The van der Waals surface area contributed by atoms with Crippen LogP contribution in [0, 0.1) is 0 Å². The maximum absolute atomic E-state index is 12.6. The Labute approximate surface area is 140 Å². The summed E-state index contributed by atoms with van der Waals surface area (Å²) in [5, 5.41) is 9.56. The number of ether oxygens (including phenoxy) is 2. The maximum atomic E-state index is 12.6. The molecule has 0 radical (unpaired) electrons. The molecular formula is C18H21NO5. The minimum atomic E-state index is -1.26. The molecule has 0 aliphatic heterocycles. The van der Waals surface area contributed by atoms with Crippen molar-refractivity contribution >= 4 is 5.97 Å². The predicted octanol–water partition coefficient (Wildman–Crippen LogP) is 3.03. The summed E-state index contributed by atoms with van der Waals surface area (Å²) >= 11 is 0. The van der Waals surface area contributed by atoms with Crippen LogP contribution in [0.1, 0.15) is 30.1 Å². The second-order valence-electron chi connectivity index (χ2n) is 5.33. The third kappa shape index (κ3) is 3.42. The smallest absolute Gasteiger partial charge is 0.341 e. The molecule has 0 aliphatic rings. The number of aromatic carboxylic acids is 1. The molecule has 0 spiro atoms. The highest BCUT2D eigenvalue weighted by Gasteiger charge is 2.21. The number of hydrogen-bond acceptors (Lipinski definition) is 4. The van der Waals surface area contributed by atoms with Crippen LogP contribution in [0.15, 0.2) is 35.3 Å². The standard InChI is InChI=1S/C18H21NO5/c1-4-5-9-19-10-8-13(16(17(19)20)18(21)22)14-11-12(23-2)6-7-15(14)24-3/h6-8,10-11H,4-5,9H2,1-3H3,(H,21,22). The van der Waals surface area contributed by atoms with Crippen molar-refractivity contribution < 1.29 is 19.4 Å². The molecule has 0 amide bonds. The van der Waals surface area contributed by atoms with E-state index in [9.17, 15) is 14.7 Å². The largest absolute Gasteiger partial charge is 0.497 e. The average molecular weight is 331 g/mol. The maximum Gasteiger partial charge on any atom is 0.341 e. The van der Waals surface area contributed by atoms with Gasteiger partial charge in [0.2, 0.25) is 0 Å². The van der Waals surface area contributed by atoms with Crippen molar-refractivity contribution in [1.82, 2.24) is 4.57 Å². The minimum absolute atomic E-state index is 0.264. The number of carboxylic acids is 1. The van der Waals surface area contributed by atoms with Gasteiger partial charge in [0.15, 0.2) is 0 Å². The predicted molar refractivity (Wildman–Crippen MR) is 91.1 cm³/mol. The van der Waals surface area contributed by atoms with Crippen LogP contribution in [0.5, 0.6) is 11.5 Å². The number of carboxylic acid groups (broad SMARTS) is 1. The molecule has 0 fully saturated rings. The first kappa shape index (κ1) is 17.6. The van der Waals surface area contributed by atoms with Gasteiger partial charge in [-0.3, -0.25) is 4.79 Å². The van der Waals surface area contributed by atoms with Gasteiger partial charge in [0.05, 0.1) is 14.2 Å². The van der Waals surface area contributed by atoms with Crippen LogP contribution < -0.4 is 15.0 Å². The van der Waals surface area contributed by atoms with E-state index in [2.05, 4.69) is 0 Å². The Morgan fingerprint density at radius 2 is 1.92 bits per heavy atom. The molecule has 2 aromatic rings. The number of nitrogens with zero attached hydrogens (tertiary/aromatic N) is 1. The monoisotopic (exact) mass is 331 g/mol. The number of hydrogen-bond donors (Lipinski definition) is 1. The Hall–Kier alpha value is -2.76. The second-order valence-corrected chi connectivity index (χ2v) is 5.33. The Kier molecular flexibility index (Phi) is 5.63. The topological polar surface area (TPSA) is 77.8 Å². The van der Waals surface area contributed by atoms with Crippen molar-refractivity contribution in [1.29, 1.82) is 0 Å². The zero-order valence-electron chi connectivity index (χ0n) is 14.0. The summed E-state index contributed by atoms with van der Waals surface area (Å²) in [7, 11) is 3.01. The highest BCUT2D eigenvalue weighted by Crippen LogP contribution is 2.34. The molecule has 0 bridgehead atoms. The van der Waals surface area contributed by atoms with Gasteiger partial charge in [-0.15, -0.1) is 0 Å². The number of aromatic nitrogens is 1. The molecule has 0 saturated carbocycles. The summed E-state index contributed by atoms with van der Waals surface area (Å²) in [4.78, 5) is 24.3. The minimum Gasteiger partial charge on any atom is -0.497 e. The summed E-state index contributed by atoms with van der Waals surface area (Å²) in [6, 6.07) is 6.70. The Morgan fingerprint density at radius 1 is 1.17 bits per heavy atom. The fraction of sp³-hybridized carbons (Fsp3) is 0.333. The lowest BCUT2D eigenvalue weighted by molar-refractivity contribution is 0.0695. The van der Waals surface area contributed by atoms with Crippen molar-refractivity contribution in [2.75, 3.05) is 14.2 Å². The van der Waals surface area contributed by atoms with Crippen LogP contribution in [0.3, 0.4) is 0 Å². The van der Waals surface area contributed by atoms with E-state index in [4.69, 9.17) is 9.47 Å². The fourth-order valence-electron chi connectivity index (χ4n) is 2.53. The summed E-state index contributed by atoms with van der Waals surface area (Å²) in [6.45, 7) is 2.50. The molecule has 0 saturated heterocycles. The highest BCUT2D eigenvalue weighted by atomic mass is 16.5. The molecule has 0 atom stereocenters. The molecule has 2 rings (SSSR count). The van der Waals surface area contributed by atoms with Gasteiger partial charge in [0.25, 0.3) is 5.56 Å². The van der Waals surface area contributed by atoms with Crippen molar-refractivity contribution in [2.24, 2.45) is 0 Å². The quantitative estimate of drug-likeness (QED) is 0.844. The third-order valence-corrected chi connectivity index (χ3v) is 3.83. The number of unbranched alkanes of at least 4 members (excludes halogenated alkanes) is 1. The number of pyridine rings is 1. The Morgan fingerprint density at radius 3 is 2.50 bits per heavy atom. The van der Waals surface area contributed by atoms with Crippen LogP contribution in [0.2, 0.25) is 0 Å². The van der Waals surface area contributed by atoms with Crippen molar-refractivity contribution in [2.45, 2.75) is 26.3 Å². The van der Waals surface area contributed by atoms with E-state index in [1.54, 1.807) is 30.5 Å².